The Balaban J connectivity index is 2.30. The van der Waals surface area contributed by atoms with Gasteiger partial charge in [0, 0.05) is 25.2 Å². The molecule has 0 saturated carbocycles. The summed E-state index contributed by atoms with van der Waals surface area (Å²) >= 11 is 0. The number of nitrogens with one attached hydrogen (secondary N) is 1. The average Bonchev–Trinajstić information content (AvgIpc) is 2.22. The lowest BCUT2D eigenvalue weighted by atomic mass is 9.89. The van der Waals surface area contributed by atoms with Crippen LogP contribution in [0.15, 0.2) is 0 Å². The molecule has 1 heterocycles. The summed E-state index contributed by atoms with van der Waals surface area (Å²) in [4.78, 5) is 2.44. The smallest absolute Gasteiger partial charge is 0.0434 e. The van der Waals surface area contributed by atoms with Crippen molar-refractivity contribution < 1.29 is 5.11 Å². The van der Waals surface area contributed by atoms with Crippen LogP contribution in [0.3, 0.4) is 0 Å². The summed E-state index contributed by atoms with van der Waals surface area (Å²) in [6.07, 6.45) is 2.15. The maximum Gasteiger partial charge on any atom is 0.0434 e. The van der Waals surface area contributed by atoms with Crippen LogP contribution in [0.25, 0.3) is 0 Å². The Morgan fingerprint density at radius 2 is 2.12 bits per heavy atom. The van der Waals surface area contributed by atoms with Gasteiger partial charge < -0.3 is 15.3 Å². The van der Waals surface area contributed by atoms with E-state index in [1.807, 2.05) is 0 Å². The Morgan fingerprint density at radius 3 is 2.75 bits per heavy atom. The number of likely N-dealkylation sites (tertiary alicyclic amines) is 1. The maximum absolute atomic E-state index is 8.87. The van der Waals surface area contributed by atoms with E-state index in [1.54, 1.807) is 0 Å². The summed E-state index contributed by atoms with van der Waals surface area (Å²) in [6.45, 7) is 9.36. The van der Waals surface area contributed by atoms with Gasteiger partial charge in [0.05, 0.1) is 0 Å². The quantitative estimate of drug-likeness (QED) is 0.745. The Bertz CT molecular complexity index is 198. The number of hydrogen-bond donors (Lipinski definition) is 2. The zero-order valence-corrected chi connectivity index (χ0v) is 11.2. The number of hydrogen-bond acceptors (Lipinski definition) is 3. The first-order valence-corrected chi connectivity index (χ1v) is 6.59. The van der Waals surface area contributed by atoms with Crippen molar-refractivity contribution in [3.8, 4) is 0 Å². The van der Waals surface area contributed by atoms with Crippen LogP contribution in [-0.4, -0.2) is 48.8 Å². The summed E-state index contributed by atoms with van der Waals surface area (Å²) in [5, 5.41) is 12.5. The third kappa shape index (κ3) is 4.04. The van der Waals surface area contributed by atoms with Crippen molar-refractivity contribution in [2.75, 3.05) is 26.7 Å². The lowest BCUT2D eigenvalue weighted by molar-refractivity contribution is 0.119. The second-order valence-electron chi connectivity index (χ2n) is 5.63. The molecule has 16 heavy (non-hydrogen) atoms. The normalized spacial score (nSPS) is 33.9. The predicted molar refractivity (Wildman–Crippen MR) is 68.5 cm³/mol. The van der Waals surface area contributed by atoms with Crippen LogP contribution in [0.5, 0.6) is 0 Å². The van der Waals surface area contributed by atoms with Gasteiger partial charge in [0.1, 0.15) is 0 Å². The largest absolute Gasteiger partial charge is 0.396 e. The van der Waals surface area contributed by atoms with Crippen LogP contribution in [0, 0.1) is 11.8 Å². The molecule has 0 aliphatic carbocycles. The van der Waals surface area contributed by atoms with Gasteiger partial charge in [-0.25, -0.2) is 0 Å². The summed E-state index contributed by atoms with van der Waals surface area (Å²) in [7, 11) is 2.21. The van der Waals surface area contributed by atoms with Crippen molar-refractivity contribution in [2.24, 2.45) is 11.8 Å². The molecular weight excluding hydrogens is 200 g/mol. The van der Waals surface area contributed by atoms with Gasteiger partial charge in [-0.3, -0.25) is 0 Å². The molecule has 4 atom stereocenters. The van der Waals surface area contributed by atoms with Crippen LogP contribution >= 0.6 is 0 Å². The summed E-state index contributed by atoms with van der Waals surface area (Å²) < 4.78 is 0. The maximum atomic E-state index is 8.87. The summed E-state index contributed by atoms with van der Waals surface area (Å²) in [5.41, 5.74) is 0. The Labute approximate surface area is 100 Å². The van der Waals surface area contributed by atoms with Gasteiger partial charge in [0.2, 0.25) is 0 Å². The van der Waals surface area contributed by atoms with Crippen LogP contribution in [0.2, 0.25) is 0 Å². The molecule has 0 bridgehead atoms. The van der Waals surface area contributed by atoms with E-state index in [9.17, 15) is 0 Å². The molecule has 2 N–H and O–H groups in total. The molecule has 1 fully saturated rings. The molecule has 0 aromatic rings. The molecule has 0 amide bonds. The van der Waals surface area contributed by atoms with Crippen LogP contribution < -0.4 is 5.32 Å². The van der Waals surface area contributed by atoms with Gasteiger partial charge in [-0.05, 0) is 45.2 Å². The fourth-order valence-electron chi connectivity index (χ4n) is 2.50. The first kappa shape index (κ1) is 13.9. The van der Waals surface area contributed by atoms with E-state index in [1.165, 1.54) is 13.0 Å². The average molecular weight is 228 g/mol. The second kappa shape index (κ2) is 6.58. The number of rotatable bonds is 5. The van der Waals surface area contributed by atoms with Gasteiger partial charge in [-0.2, -0.15) is 0 Å². The summed E-state index contributed by atoms with van der Waals surface area (Å²) in [5.74, 6) is 1.30. The Hall–Kier alpha value is -0.120. The van der Waals surface area contributed by atoms with E-state index in [-0.39, 0.29) is 0 Å². The van der Waals surface area contributed by atoms with Crippen molar-refractivity contribution in [1.82, 2.24) is 10.2 Å². The lowest BCUT2D eigenvalue weighted by Gasteiger charge is -2.40. The molecule has 0 radical (unpaired) electrons. The number of nitrogens with zero attached hydrogens (tertiary/aromatic N) is 1. The van der Waals surface area contributed by atoms with E-state index >= 15 is 0 Å². The lowest BCUT2D eigenvalue weighted by Crippen LogP contribution is -2.51. The van der Waals surface area contributed by atoms with Crippen LogP contribution in [0.1, 0.15) is 33.6 Å². The van der Waals surface area contributed by atoms with Gasteiger partial charge in [-0.15, -0.1) is 0 Å². The molecule has 0 spiro atoms. The van der Waals surface area contributed by atoms with Crippen molar-refractivity contribution in [3.63, 3.8) is 0 Å². The van der Waals surface area contributed by atoms with E-state index in [0.29, 0.717) is 24.6 Å². The van der Waals surface area contributed by atoms with E-state index in [2.05, 4.69) is 38.0 Å². The highest BCUT2D eigenvalue weighted by Gasteiger charge is 2.28. The standard InChI is InChI=1S/C13H28N2O/c1-10(5-6-16)8-14-13-7-12(3)15(4)9-11(13)2/h10-14,16H,5-9H2,1-4H3. The number of aliphatic hydroxyl groups excluding tert-OH is 1. The van der Waals surface area contributed by atoms with Crippen molar-refractivity contribution >= 4 is 0 Å². The topological polar surface area (TPSA) is 35.5 Å². The van der Waals surface area contributed by atoms with Gasteiger partial charge in [0.25, 0.3) is 0 Å². The van der Waals surface area contributed by atoms with Crippen molar-refractivity contribution in [1.29, 1.82) is 0 Å². The molecule has 1 saturated heterocycles. The highest BCUT2D eigenvalue weighted by atomic mass is 16.3. The molecule has 1 rings (SSSR count). The van der Waals surface area contributed by atoms with Crippen LogP contribution in [0.4, 0.5) is 0 Å². The molecule has 1 aliphatic heterocycles. The molecule has 4 unspecified atom stereocenters. The van der Waals surface area contributed by atoms with Crippen LogP contribution in [-0.2, 0) is 0 Å². The molecule has 3 heteroatoms. The van der Waals surface area contributed by atoms with Crippen molar-refractivity contribution in [2.45, 2.75) is 45.7 Å². The van der Waals surface area contributed by atoms with Gasteiger partial charge in [0.15, 0.2) is 0 Å². The third-order valence-electron chi connectivity index (χ3n) is 3.96. The van der Waals surface area contributed by atoms with Crippen molar-refractivity contribution in [3.05, 3.63) is 0 Å². The number of piperidine rings is 1. The molecule has 1 aliphatic rings. The van der Waals surface area contributed by atoms with Gasteiger partial charge in [-0.1, -0.05) is 13.8 Å². The minimum absolute atomic E-state index is 0.308. The zero-order valence-electron chi connectivity index (χ0n) is 11.2. The van der Waals surface area contributed by atoms with E-state index in [0.717, 1.165) is 18.9 Å². The highest BCUT2D eigenvalue weighted by Crippen LogP contribution is 2.20. The zero-order chi connectivity index (χ0) is 12.1. The molecule has 96 valence electrons. The SMILES string of the molecule is CC(CCO)CNC1CC(C)N(C)CC1C. The molecular formula is C13H28N2O. The highest BCUT2D eigenvalue weighted by molar-refractivity contribution is 4.86. The van der Waals surface area contributed by atoms with Gasteiger partial charge >= 0.3 is 0 Å². The Kier molecular flexibility index (Phi) is 5.73. The molecule has 0 aromatic heterocycles. The molecule has 0 aromatic carbocycles. The number of aliphatic hydroxyl groups is 1. The second-order valence-corrected chi connectivity index (χ2v) is 5.63. The third-order valence-corrected chi connectivity index (χ3v) is 3.96. The van der Waals surface area contributed by atoms with E-state index in [4.69, 9.17) is 5.11 Å². The fraction of sp³-hybridized carbons (Fsp3) is 1.00. The molecule has 3 nitrogen and oxygen atoms in total. The van der Waals surface area contributed by atoms with E-state index < -0.39 is 0 Å². The Morgan fingerprint density at radius 1 is 1.44 bits per heavy atom. The predicted octanol–water partition coefficient (Wildman–Crippen LogP) is 1.32. The first-order valence-electron chi connectivity index (χ1n) is 6.59. The first-order chi connectivity index (χ1) is 7.54. The fourth-order valence-corrected chi connectivity index (χ4v) is 2.50. The minimum Gasteiger partial charge on any atom is -0.396 e. The monoisotopic (exact) mass is 228 g/mol. The summed E-state index contributed by atoms with van der Waals surface area (Å²) in [6, 6.07) is 1.33. The minimum atomic E-state index is 0.308.